The van der Waals surface area contributed by atoms with Crippen LogP contribution in [0.15, 0.2) is 0 Å². The SMILES string of the molecule is CC[C@H]1[C@@H](O)C2C3CC[C@H]([C@H](P)CC4SC(=O)NC4=O)[C@@]3(C)CCC2[C@@]2(C)CC[C@@H](O)C[C@@H]12. The van der Waals surface area contributed by atoms with Gasteiger partial charge in [-0.1, -0.05) is 39.0 Å². The number of nitrogens with one attached hydrogen (secondary N) is 1. The number of hydrogen-bond acceptors (Lipinski definition) is 5. The second-order valence-corrected chi connectivity index (χ2v) is 14.4. The molecule has 13 atom stereocenters. The summed E-state index contributed by atoms with van der Waals surface area (Å²) in [5.74, 6) is 2.48. The third kappa shape index (κ3) is 3.76. The van der Waals surface area contributed by atoms with Crippen molar-refractivity contribution in [3.05, 3.63) is 0 Å². The molecular formula is C26H42NO4PS. The van der Waals surface area contributed by atoms with Gasteiger partial charge < -0.3 is 10.2 Å². The molecule has 33 heavy (non-hydrogen) atoms. The molecule has 1 heterocycles. The van der Waals surface area contributed by atoms with Crippen LogP contribution in [-0.4, -0.2) is 44.5 Å². The molecular weight excluding hydrogens is 453 g/mol. The first-order valence-electron chi connectivity index (χ1n) is 13.2. The Kier molecular flexibility index (Phi) is 6.50. The summed E-state index contributed by atoms with van der Waals surface area (Å²) in [7, 11) is 3.03. The maximum atomic E-state index is 12.2. The summed E-state index contributed by atoms with van der Waals surface area (Å²) in [6.07, 6.45) is 8.74. The van der Waals surface area contributed by atoms with E-state index < -0.39 is 0 Å². The van der Waals surface area contributed by atoms with Crippen molar-refractivity contribution in [2.75, 3.05) is 0 Å². The van der Waals surface area contributed by atoms with Crippen LogP contribution in [0.3, 0.4) is 0 Å². The number of thioether (sulfide) groups is 1. The van der Waals surface area contributed by atoms with Gasteiger partial charge in [-0.05, 0) is 103 Å². The predicted molar refractivity (Wildman–Crippen MR) is 135 cm³/mol. The van der Waals surface area contributed by atoms with Crippen molar-refractivity contribution >= 4 is 32.1 Å². The third-order valence-corrected chi connectivity index (χ3v) is 13.0. The van der Waals surface area contributed by atoms with E-state index in [9.17, 15) is 19.8 Å². The first-order valence-corrected chi connectivity index (χ1v) is 14.8. The fraction of sp³-hybridized carbons (Fsp3) is 0.923. The number of aliphatic hydroxyl groups excluding tert-OH is 2. The molecule has 5 rings (SSSR count). The number of hydrogen-bond donors (Lipinski definition) is 3. The van der Waals surface area contributed by atoms with Crippen LogP contribution >= 0.6 is 21.0 Å². The van der Waals surface area contributed by atoms with Gasteiger partial charge in [-0.15, -0.1) is 9.24 Å². The van der Waals surface area contributed by atoms with E-state index in [-0.39, 0.29) is 45.4 Å². The van der Waals surface area contributed by atoms with Crippen LogP contribution in [0.2, 0.25) is 0 Å². The Bertz CT molecular complexity index is 811. The van der Waals surface area contributed by atoms with Crippen molar-refractivity contribution in [1.29, 1.82) is 0 Å². The largest absolute Gasteiger partial charge is 0.393 e. The fourth-order valence-electron chi connectivity index (χ4n) is 9.66. The minimum Gasteiger partial charge on any atom is -0.393 e. The van der Waals surface area contributed by atoms with E-state index in [4.69, 9.17) is 0 Å². The van der Waals surface area contributed by atoms with Crippen molar-refractivity contribution in [2.24, 2.45) is 46.3 Å². The molecule has 1 aliphatic heterocycles. The van der Waals surface area contributed by atoms with Crippen molar-refractivity contribution in [3.8, 4) is 0 Å². The number of fused-ring (bicyclic) bond motifs is 5. The van der Waals surface area contributed by atoms with Gasteiger partial charge in [0.15, 0.2) is 0 Å². The molecule has 5 fully saturated rings. The van der Waals surface area contributed by atoms with Crippen molar-refractivity contribution in [3.63, 3.8) is 0 Å². The highest BCUT2D eigenvalue weighted by molar-refractivity contribution is 8.15. The number of imide groups is 1. The highest BCUT2D eigenvalue weighted by Crippen LogP contribution is 2.69. The van der Waals surface area contributed by atoms with E-state index in [1.807, 2.05) is 0 Å². The monoisotopic (exact) mass is 495 g/mol. The van der Waals surface area contributed by atoms with Crippen LogP contribution in [0.5, 0.6) is 0 Å². The molecule has 0 aromatic rings. The second kappa shape index (κ2) is 8.75. The van der Waals surface area contributed by atoms with Crippen molar-refractivity contribution in [1.82, 2.24) is 5.32 Å². The topological polar surface area (TPSA) is 86.6 Å². The minimum absolute atomic E-state index is 0.132. The standard InChI is InChI=1S/C26H42NO4PS/c1-4-14-18-11-13(28)7-9-26(18,3)17-8-10-25(2)15(5-6-16(25)21(17)22(14)29)19(32)12-20-23(30)27-24(31)33-20/h13-22,28-29H,4-12,32H2,1-3H3,(H,27,30,31)/t13-,14-,15-,16?,17?,18+,19-,20?,21?,22-,25-,26-/m1/s1. The molecule has 7 heteroatoms. The Morgan fingerprint density at radius 1 is 1.06 bits per heavy atom. The molecule has 0 spiro atoms. The van der Waals surface area contributed by atoms with E-state index >= 15 is 0 Å². The van der Waals surface area contributed by atoms with E-state index in [1.54, 1.807) is 0 Å². The van der Waals surface area contributed by atoms with Crippen LogP contribution < -0.4 is 5.32 Å². The number of amides is 2. The molecule has 3 N–H and O–H groups in total. The van der Waals surface area contributed by atoms with Gasteiger partial charge in [0.05, 0.1) is 17.5 Å². The number of carbonyl (C=O) groups excluding carboxylic acids is 2. The zero-order valence-electron chi connectivity index (χ0n) is 20.3. The zero-order valence-corrected chi connectivity index (χ0v) is 22.3. The van der Waals surface area contributed by atoms with E-state index in [0.717, 1.165) is 56.7 Å². The molecule has 186 valence electrons. The maximum absolute atomic E-state index is 12.2. The quantitative estimate of drug-likeness (QED) is 0.497. The van der Waals surface area contributed by atoms with Gasteiger partial charge >= 0.3 is 0 Å². The summed E-state index contributed by atoms with van der Waals surface area (Å²) in [6.45, 7) is 7.16. The summed E-state index contributed by atoms with van der Waals surface area (Å²) in [5, 5.41) is 24.2. The first kappa shape index (κ1) is 24.5. The smallest absolute Gasteiger partial charge is 0.286 e. The molecule has 0 radical (unpaired) electrons. The van der Waals surface area contributed by atoms with Gasteiger partial charge in [-0.3, -0.25) is 14.9 Å². The molecule has 4 aliphatic carbocycles. The Morgan fingerprint density at radius 2 is 1.76 bits per heavy atom. The van der Waals surface area contributed by atoms with Gasteiger partial charge in [0, 0.05) is 0 Å². The molecule has 0 bridgehead atoms. The summed E-state index contributed by atoms with van der Waals surface area (Å²) < 4.78 is 0. The second-order valence-electron chi connectivity index (χ2n) is 12.4. The van der Waals surface area contributed by atoms with Crippen LogP contribution in [0.25, 0.3) is 0 Å². The van der Waals surface area contributed by atoms with Gasteiger partial charge in [0.2, 0.25) is 5.91 Å². The molecule has 0 aromatic carbocycles. The summed E-state index contributed by atoms with van der Waals surface area (Å²) >= 11 is 1.15. The molecule has 0 aromatic heterocycles. The Labute approximate surface area is 205 Å². The van der Waals surface area contributed by atoms with E-state index in [0.29, 0.717) is 35.2 Å². The van der Waals surface area contributed by atoms with Crippen LogP contribution in [0, 0.1) is 46.3 Å². The predicted octanol–water partition coefficient (Wildman–Crippen LogP) is 4.60. The number of aliphatic hydroxyl groups is 2. The molecule has 5 aliphatic rings. The van der Waals surface area contributed by atoms with Gasteiger partial charge in [0.25, 0.3) is 5.24 Å². The molecule has 5 nitrogen and oxygen atoms in total. The van der Waals surface area contributed by atoms with Gasteiger partial charge in [-0.2, -0.15) is 0 Å². The van der Waals surface area contributed by atoms with Crippen LogP contribution in [0.1, 0.15) is 78.6 Å². The first-order chi connectivity index (χ1) is 15.6. The average molecular weight is 496 g/mol. The average Bonchev–Trinajstić information content (AvgIpc) is 3.27. The van der Waals surface area contributed by atoms with Gasteiger partial charge in [-0.25, -0.2) is 0 Å². The van der Waals surface area contributed by atoms with Crippen LogP contribution in [0.4, 0.5) is 4.79 Å². The summed E-state index contributed by atoms with van der Waals surface area (Å²) in [4.78, 5) is 23.8. The minimum atomic E-state index is -0.275. The highest BCUT2D eigenvalue weighted by atomic mass is 32.2. The Morgan fingerprint density at radius 3 is 2.42 bits per heavy atom. The highest BCUT2D eigenvalue weighted by Gasteiger charge is 2.65. The molecule has 1 saturated heterocycles. The van der Waals surface area contributed by atoms with Crippen molar-refractivity contribution < 1.29 is 19.8 Å². The van der Waals surface area contributed by atoms with Crippen LogP contribution in [-0.2, 0) is 4.79 Å². The van der Waals surface area contributed by atoms with Crippen molar-refractivity contribution in [2.45, 2.75) is 102 Å². The Hall–Kier alpha value is -0.160. The lowest BCUT2D eigenvalue weighted by molar-refractivity contribution is -0.202. The fourth-order valence-corrected chi connectivity index (χ4v) is 11.7. The lowest BCUT2D eigenvalue weighted by Crippen LogP contribution is -2.62. The number of rotatable bonds is 4. The maximum Gasteiger partial charge on any atom is 0.286 e. The molecule has 4 saturated carbocycles. The number of carbonyl (C=O) groups is 2. The van der Waals surface area contributed by atoms with Gasteiger partial charge in [0.1, 0.15) is 0 Å². The molecule has 5 unspecified atom stereocenters. The zero-order chi connectivity index (χ0) is 23.7. The summed E-state index contributed by atoms with van der Waals surface area (Å²) in [5.41, 5.74) is 0.706. The van der Waals surface area contributed by atoms with E-state index in [2.05, 4.69) is 35.3 Å². The third-order valence-electron chi connectivity index (χ3n) is 11.2. The van der Waals surface area contributed by atoms with E-state index in [1.165, 1.54) is 12.8 Å². The Balaban J connectivity index is 1.39. The normalized spacial score (nSPS) is 52.6. The lowest BCUT2D eigenvalue weighted by atomic mass is 9.41. The molecule has 2 amide bonds. The lowest BCUT2D eigenvalue weighted by Gasteiger charge is -2.64. The summed E-state index contributed by atoms with van der Waals surface area (Å²) in [6, 6.07) is 0.